The van der Waals surface area contributed by atoms with Crippen LogP contribution in [0.1, 0.15) is 12.5 Å². The summed E-state index contributed by atoms with van der Waals surface area (Å²) in [6.07, 6.45) is 0. The lowest BCUT2D eigenvalue weighted by molar-refractivity contribution is -0.145. The summed E-state index contributed by atoms with van der Waals surface area (Å²) >= 11 is 3.44. The number of carbonyl (C=O) groups excluding carboxylic acids is 1. The van der Waals surface area contributed by atoms with Crippen molar-refractivity contribution >= 4 is 21.9 Å². The Kier molecular flexibility index (Phi) is 5.65. The van der Waals surface area contributed by atoms with Crippen LogP contribution in [-0.2, 0) is 16.1 Å². The number of esters is 1. The second kappa shape index (κ2) is 6.77. The molecule has 17 heavy (non-hydrogen) atoms. The van der Waals surface area contributed by atoms with Crippen molar-refractivity contribution in [1.82, 2.24) is 4.90 Å². The number of hydrogen-bond acceptors (Lipinski definition) is 3. The van der Waals surface area contributed by atoms with E-state index in [1.54, 1.807) is 0 Å². The summed E-state index contributed by atoms with van der Waals surface area (Å²) in [5.41, 5.74) is 1.22. The standard InChI is InChI=1S/C13H18BrNO2/c1-10(13(16)17-3)8-15(2)9-11-5-4-6-12(14)7-11/h4-7,10H,8-9H2,1-3H3. The third-order valence-corrected chi connectivity index (χ3v) is 3.02. The normalized spacial score (nSPS) is 12.5. The number of halogens is 1. The van der Waals surface area contributed by atoms with E-state index < -0.39 is 0 Å². The summed E-state index contributed by atoms with van der Waals surface area (Å²) < 4.78 is 5.78. The molecular weight excluding hydrogens is 282 g/mol. The van der Waals surface area contributed by atoms with Crippen LogP contribution in [0.4, 0.5) is 0 Å². The molecule has 1 unspecified atom stereocenters. The number of nitrogens with zero attached hydrogens (tertiary/aromatic N) is 1. The highest BCUT2D eigenvalue weighted by Gasteiger charge is 2.15. The van der Waals surface area contributed by atoms with E-state index in [9.17, 15) is 4.79 Å². The van der Waals surface area contributed by atoms with Gasteiger partial charge in [-0.05, 0) is 24.7 Å². The van der Waals surface area contributed by atoms with Gasteiger partial charge in [0.25, 0.3) is 0 Å². The Balaban J connectivity index is 2.49. The van der Waals surface area contributed by atoms with E-state index in [0.29, 0.717) is 6.54 Å². The highest BCUT2D eigenvalue weighted by molar-refractivity contribution is 9.10. The number of rotatable bonds is 5. The Morgan fingerprint density at radius 1 is 1.53 bits per heavy atom. The summed E-state index contributed by atoms with van der Waals surface area (Å²) in [7, 11) is 3.42. The molecule has 1 atom stereocenters. The first-order valence-electron chi connectivity index (χ1n) is 5.53. The molecule has 94 valence electrons. The van der Waals surface area contributed by atoms with Crippen LogP contribution in [0.2, 0.25) is 0 Å². The monoisotopic (exact) mass is 299 g/mol. The van der Waals surface area contributed by atoms with Gasteiger partial charge in [0.2, 0.25) is 0 Å². The molecule has 0 aromatic heterocycles. The van der Waals surface area contributed by atoms with E-state index in [-0.39, 0.29) is 11.9 Å². The van der Waals surface area contributed by atoms with Gasteiger partial charge in [0.1, 0.15) is 0 Å². The van der Waals surface area contributed by atoms with Crippen LogP contribution >= 0.6 is 15.9 Å². The van der Waals surface area contributed by atoms with E-state index in [0.717, 1.165) is 11.0 Å². The molecular formula is C13H18BrNO2. The van der Waals surface area contributed by atoms with Crippen molar-refractivity contribution in [3.63, 3.8) is 0 Å². The van der Waals surface area contributed by atoms with Crippen molar-refractivity contribution in [2.24, 2.45) is 5.92 Å². The second-order valence-electron chi connectivity index (χ2n) is 4.25. The molecule has 0 aliphatic rings. The van der Waals surface area contributed by atoms with Crippen LogP contribution in [0.25, 0.3) is 0 Å². The van der Waals surface area contributed by atoms with Crippen molar-refractivity contribution < 1.29 is 9.53 Å². The molecule has 0 N–H and O–H groups in total. The average Bonchev–Trinajstić information content (AvgIpc) is 2.27. The van der Waals surface area contributed by atoms with E-state index in [4.69, 9.17) is 4.74 Å². The Hall–Kier alpha value is -0.870. The van der Waals surface area contributed by atoms with E-state index in [2.05, 4.69) is 33.0 Å². The molecule has 0 amide bonds. The van der Waals surface area contributed by atoms with E-state index in [1.165, 1.54) is 12.7 Å². The van der Waals surface area contributed by atoms with Crippen LogP contribution in [0, 0.1) is 5.92 Å². The molecule has 0 radical (unpaired) electrons. The molecule has 3 nitrogen and oxygen atoms in total. The van der Waals surface area contributed by atoms with Crippen LogP contribution in [-0.4, -0.2) is 31.6 Å². The van der Waals surface area contributed by atoms with E-state index >= 15 is 0 Å². The first kappa shape index (κ1) is 14.2. The SMILES string of the molecule is COC(=O)C(C)CN(C)Cc1cccc(Br)c1. The van der Waals surface area contributed by atoms with Gasteiger partial charge in [0.15, 0.2) is 0 Å². The zero-order valence-corrected chi connectivity index (χ0v) is 12.0. The Morgan fingerprint density at radius 3 is 2.82 bits per heavy atom. The minimum Gasteiger partial charge on any atom is -0.469 e. The second-order valence-corrected chi connectivity index (χ2v) is 5.17. The fourth-order valence-corrected chi connectivity index (χ4v) is 2.20. The van der Waals surface area contributed by atoms with Crippen molar-refractivity contribution in [2.75, 3.05) is 20.7 Å². The Labute approximate surface area is 111 Å². The molecule has 4 heteroatoms. The highest BCUT2D eigenvalue weighted by Crippen LogP contribution is 2.13. The summed E-state index contributed by atoms with van der Waals surface area (Å²) in [6.45, 7) is 3.39. The van der Waals surface area contributed by atoms with Crippen LogP contribution in [0.5, 0.6) is 0 Å². The minimum atomic E-state index is -0.161. The molecule has 0 spiro atoms. The van der Waals surface area contributed by atoms with Crippen LogP contribution in [0.15, 0.2) is 28.7 Å². The molecule has 1 rings (SSSR count). The topological polar surface area (TPSA) is 29.5 Å². The summed E-state index contributed by atoms with van der Waals surface area (Å²) in [5.74, 6) is -0.261. The van der Waals surface area contributed by atoms with Gasteiger partial charge in [0, 0.05) is 17.6 Å². The number of carbonyl (C=O) groups is 1. The summed E-state index contributed by atoms with van der Waals surface area (Å²) in [6, 6.07) is 8.17. The molecule has 1 aromatic carbocycles. The molecule has 0 saturated heterocycles. The smallest absolute Gasteiger partial charge is 0.309 e. The number of benzene rings is 1. The zero-order chi connectivity index (χ0) is 12.8. The first-order chi connectivity index (χ1) is 8.02. The Bertz CT molecular complexity index is 381. The van der Waals surface area contributed by atoms with Gasteiger partial charge in [-0.3, -0.25) is 4.79 Å². The zero-order valence-electron chi connectivity index (χ0n) is 10.4. The molecule has 0 aliphatic carbocycles. The first-order valence-corrected chi connectivity index (χ1v) is 6.33. The molecule has 0 saturated carbocycles. The number of methoxy groups -OCH3 is 1. The average molecular weight is 300 g/mol. The van der Waals surface area contributed by atoms with Gasteiger partial charge >= 0.3 is 5.97 Å². The lowest BCUT2D eigenvalue weighted by Crippen LogP contribution is -2.29. The summed E-state index contributed by atoms with van der Waals surface area (Å²) in [4.78, 5) is 13.4. The van der Waals surface area contributed by atoms with Crippen molar-refractivity contribution in [1.29, 1.82) is 0 Å². The van der Waals surface area contributed by atoms with Crippen molar-refractivity contribution in [3.05, 3.63) is 34.3 Å². The lowest BCUT2D eigenvalue weighted by Gasteiger charge is -2.20. The van der Waals surface area contributed by atoms with Crippen LogP contribution in [0.3, 0.4) is 0 Å². The fourth-order valence-electron chi connectivity index (χ4n) is 1.75. The van der Waals surface area contributed by atoms with Gasteiger partial charge in [-0.1, -0.05) is 35.0 Å². The van der Waals surface area contributed by atoms with Crippen molar-refractivity contribution in [3.8, 4) is 0 Å². The van der Waals surface area contributed by atoms with Gasteiger partial charge in [-0.2, -0.15) is 0 Å². The van der Waals surface area contributed by atoms with Crippen molar-refractivity contribution in [2.45, 2.75) is 13.5 Å². The maximum atomic E-state index is 11.3. The molecule has 0 bridgehead atoms. The molecule has 0 heterocycles. The van der Waals surface area contributed by atoms with Gasteiger partial charge in [0.05, 0.1) is 13.0 Å². The molecule has 1 aromatic rings. The third-order valence-electron chi connectivity index (χ3n) is 2.53. The molecule has 0 fully saturated rings. The molecule has 0 aliphatic heterocycles. The largest absolute Gasteiger partial charge is 0.469 e. The number of hydrogen-bond donors (Lipinski definition) is 0. The van der Waals surface area contributed by atoms with Crippen LogP contribution < -0.4 is 0 Å². The maximum absolute atomic E-state index is 11.3. The third kappa shape index (κ3) is 4.88. The summed E-state index contributed by atoms with van der Waals surface area (Å²) in [5, 5.41) is 0. The maximum Gasteiger partial charge on any atom is 0.309 e. The fraction of sp³-hybridized carbons (Fsp3) is 0.462. The van der Waals surface area contributed by atoms with Gasteiger partial charge < -0.3 is 9.64 Å². The number of ether oxygens (including phenoxy) is 1. The quantitative estimate of drug-likeness (QED) is 0.783. The lowest BCUT2D eigenvalue weighted by atomic mass is 10.1. The van der Waals surface area contributed by atoms with Gasteiger partial charge in [-0.25, -0.2) is 0 Å². The highest BCUT2D eigenvalue weighted by atomic mass is 79.9. The van der Waals surface area contributed by atoms with Gasteiger partial charge in [-0.15, -0.1) is 0 Å². The minimum absolute atomic E-state index is 0.0999. The Morgan fingerprint density at radius 2 is 2.24 bits per heavy atom. The predicted octanol–water partition coefficient (Wildman–Crippen LogP) is 2.69. The predicted molar refractivity (Wildman–Crippen MR) is 71.7 cm³/mol. The van der Waals surface area contributed by atoms with E-state index in [1.807, 2.05) is 26.1 Å².